The Hall–Kier alpha value is -2.96. The number of hydrogen-bond donors (Lipinski definition) is 1. The first kappa shape index (κ1) is 22.2. The molecule has 2 saturated carbocycles. The number of amides is 3. The Morgan fingerprint density at radius 2 is 1.78 bits per heavy atom. The van der Waals surface area contributed by atoms with Gasteiger partial charge in [0.2, 0.25) is 5.91 Å². The Kier molecular flexibility index (Phi) is 7.02. The van der Waals surface area contributed by atoms with Crippen LogP contribution in [0.2, 0.25) is 0 Å². The largest absolute Gasteiger partial charge is 0.497 e. The minimum Gasteiger partial charge on any atom is -0.497 e. The third-order valence-electron chi connectivity index (χ3n) is 6.59. The predicted molar refractivity (Wildman–Crippen MR) is 125 cm³/mol. The van der Waals surface area contributed by atoms with Gasteiger partial charge < -0.3 is 24.4 Å². The van der Waals surface area contributed by atoms with Crippen LogP contribution < -0.4 is 10.1 Å². The summed E-state index contributed by atoms with van der Waals surface area (Å²) in [5, 5.41) is 2.99. The van der Waals surface area contributed by atoms with Crippen LogP contribution in [0.25, 0.3) is 0 Å². The molecule has 0 unspecified atom stereocenters. The van der Waals surface area contributed by atoms with Crippen molar-refractivity contribution in [2.75, 3.05) is 19.0 Å². The summed E-state index contributed by atoms with van der Waals surface area (Å²) in [6, 6.07) is 11.5. The number of urea groups is 1. The van der Waals surface area contributed by atoms with Crippen LogP contribution in [0.3, 0.4) is 0 Å². The first-order valence-corrected chi connectivity index (χ1v) is 11.7. The molecule has 1 heterocycles. The zero-order valence-corrected chi connectivity index (χ0v) is 19.1. The first-order valence-electron chi connectivity index (χ1n) is 11.7. The van der Waals surface area contributed by atoms with Crippen LogP contribution in [0.5, 0.6) is 5.75 Å². The molecule has 2 fully saturated rings. The molecule has 4 rings (SSSR count). The van der Waals surface area contributed by atoms with Gasteiger partial charge in [0.25, 0.3) is 0 Å². The van der Waals surface area contributed by atoms with Crippen LogP contribution >= 0.6 is 0 Å². The van der Waals surface area contributed by atoms with Gasteiger partial charge in [-0.15, -0.1) is 0 Å². The van der Waals surface area contributed by atoms with Crippen LogP contribution in [-0.2, 0) is 18.4 Å². The van der Waals surface area contributed by atoms with E-state index in [-0.39, 0.29) is 30.6 Å². The number of nitrogens with zero attached hydrogens (tertiary/aromatic N) is 3. The molecule has 1 aromatic carbocycles. The van der Waals surface area contributed by atoms with E-state index in [1.54, 1.807) is 18.1 Å². The summed E-state index contributed by atoms with van der Waals surface area (Å²) < 4.78 is 7.33. The van der Waals surface area contributed by atoms with E-state index in [9.17, 15) is 9.59 Å². The van der Waals surface area contributed by atoms with Gasteiger partial charge in [-0.2, -0.15) is 0 Å². The summed E-state index contributed by atoms with van der Waals surface area (Å²) in [6.07, 6.45) is 9.35. The average Bonchev–Trinajstić information content (AvgIpc) is 3.57. The van der Waals surface area contributed by atoms with Gasteiger partial charge in [-0.25, -0.2) is 4.79 Å². The molecular formula is C25H34N4O3. The van der Waals surface area contributed by atoms with E-state index in [0.717, 1.165) is 44.2 Å². The number of aryl methyl sites for hydroxylation is 1. The number of hydrogen-bond acceptors (Lipinski definition) is 3. The summed E-state index contributed by atoms with van der Waals surface area (Å²) >= 11 is 0. The number of benzene rings is 1. The monoisotopic (exact) mass is 438 g/mol. The van der Waals surface area contributed by atoms with E-state index in [2.05, 4.69) is 16.0 Å². The lowest BCUT2D eigenvalue weighted by Crippen LogP contribution is -2.50. The molecule has 0 aliphatic heterocycles. The average molecular weight is 439 g/mol. The number of methoxy groups -OCH3 is 1. The Morgan fingerprint density at radius 1 is 1.03 bits per heavy atom. The van der Waals surface area contributed by atoms with E-state index in [4.69, 9.17) is 4.74 Å². The van der Waals surface area contributed by atoms with Crippen molar-refractivity contribution in [2.24, 2.45) is 7.05 Å². The molecule has 2 aliphatic carbocycles. The van der Waals surface area contributed by atoms with E-state index < -0.39 is 0 Å². The molecule has 172 valence electrons. The normalized spacial score (nSPS) is 16.4. The zero-order valence-electron chi connectivity index (χ0n) is 19.1. The predicted octanol–water partition coefficient (Wildman–Crippen LogP) is 4.39. The molecular weight excluding hydrogens is 404 g/mol. The van der Waals surface area contributed by atoms with Crippen LogP contribution in [0.1, 0.15) is 50.6 Å². The highest BCUT2D eigenvalue weighted by Crippen LogP contribution is 2.30. The maximum atomic E-state index is 13.4. The van der Waals surface area contributed by atoms with Gasteiger partial charge in [-0.1, -0.05) is 25.3 Å². The molecule has 7 nitrogen and oxygen atoms in total. The second-order valence-electron chi connectivity index (χ2n) is 8.95. The van der Waals surface area contributed by atoms with E-state index in [0.29, 0.717) is 18.0 Å². The molecule has 0 radical (unpaired) electrons. The third-order valence-corrected chi connectivity index (χ3v) is 6.59. The van der Waals surface area contributed by atoms with Crippen molar-refractivity contribution in [3.8, 4) is 5.75 Å². The topological polar surface area (TPSA) is 66.8 Å². The fourth-order valence-corrected chi connectivity index (χ4v) is 4.53. The van der Waals surface area contributed by atoms with Crippen molar-refractivity contribution in [2.45, 2.75) is 63.6 Å². The molecule has 0 spiro atoms. The molecule has 0 bridgehead atoms. The summed E-state index contributed by atoms with van der Waals surface area (Å²) in [6.45, 7) is 0.699. The lowest BCUT2D eigenvalue weighted by Gasteiger charge is -2.35. The maximum Gasteiger partial charge on any atom is 0.322 e. The Bertz CT molecular complexity index is 931. The molecule has 32 heavy (non-hydrogen) atoms. The number of aromatic nitrogens is 1. The molecule has 2 aromatic rings. The maximum absolute atomic E-state index is 13.4. The summed E-state index contributed by atoms with van der Waals surface area (Å²) in [4.78, 5) is 30.5. The smallest absolute Gasteiger partial charge is 0.322 e. The minimum absolute atomic E-state index is 0.0278. The molecule has 7 heteroatoms. The lowest BCUT2D eigenvalue weighted by atomic mass is 9.94. The van der Waals surface area contributed by atoms with Crippen molar-refractivity contribution in [3.05, 3.63) is 48.3 Å². The standard InChI is InChI=1S/C25H34N4O3/c1-27-15-7-11-22(27)17-28(21-13-14-21)24(30)18-29(20-9-4-3-5-10-20)25(31)26-19-8-6-12-23(16-19)32-2/h6-8,11-12,15-16,20-21H,3-5,9-10,13-14,17-18H2,1-2H3,(H,26,31). The molecule has 1 aromatic heterocycles. The molecule has 2 aliphatic rings. The molecule has 0 atom stereocenters. The Morgan fingerprint density at radius 3 is 2.44 bits per heavy atom. The second-order valence-corrected chi connectivity index (χ2v) is 8.95. The number of carbonyl (C=O) groups is 2. The van der Waals surface area contributed by atoms with Crippen molar-refractivity contribution in [1.82, 2.24) is 14.4 Å². The van der Waals surface area contributed by atoms with Crippen LogP contribution in [-0.4, -0.2) is 52.0 Å². The van der Waals surface area contributed by atoms with Crippen molar-refractivity contribution < 1.29 is 14.3 Å². The van der Waals surface area contributed by atoms with Gasteiger partial charge in [0, 0.05) is 42.8 Å². The van der Waals surface area contributed by atoms with Gasteiger partial charge in [-0.05, 0) is 49.9 Å². The SMILES string of the molecule is COc1cccc(NC(=O)N(CC(=O)N(Cc2cccn2C)C2CC2)C2CCCCC2)c1. The second kappa shape index (κ2) is 10.1. The van der Waals surface area contributed by atoms with Crippen LogP contribution in [0, 0.1) is 0 Å². The zero-order chi connectivity index (χ0) is 22.5. The first-order chi connectivity index (χ1) is 15.5. The quantitative estimate of drug-likeness (QED) is 0.665. The van der Waals surface area contributed by atoms with Gasteiger partial charge >= 0.3 is 6.03 Å². The number of ether oxygens (including phenoxy) is 1. The lowest BCUT2D eigenvalue weighted by molar-refractivity contribution is -0.133. The summed E-state index contributed by atoms with van der Waals surface area (Å²) in [5.74, 6) is 0.714. The molecule has 3 amide bonds. The highest BCUT2D eigenvalue weighted by Gasteiger charge is 2.36. The highest BCUT2D eigenvalue weighted by molar-refractivity contribution is 5.93. The summed E-state index contributed by atoms with van der Waals surface area (Å²) in [5.41, 5.74) is 1.78. The van der Waals surface area contributed by atoms with Crippen molar-refractivity contribution in [1.29, 1.82) is 0 Å². The summed E-state index contributed by atoms with van der Waals surface area (Å²) in [7, 11) is 3.61. The van der Waals surface area contributed by atoms with E-state index in [1.165, 1.54) is 6.42 Å². The molecule has 1 N–H and O–H groups in total. The van der Waals surface area contributed by atoms with Gasteiger partial charge in [-0.3, -0.25) is 4.79 Å². The van der Waals surface area contributed by atoms with E-state index >= 15 is 0 Å². The van der Waals surface area contributed by atoms with Crippen molar-refractivity contribution >= 4 is 17.6 Å². The number of nitrogens with one attached hydrogen (secondary N) is 1. The Balaban J connectivity index is 1.49. The third kappa shape index (κ3) is 5.44. The molecule has 0 saturated heterocycles. The van der Waals surface area contributed by atoms with Crippen LogP contribution in [0.4, 0.5) is 10.5 Å². The number of carbonyl (C=O) groups excluding carboxylic acids is 2. The van der Waals surface area contributed by atoms with Crippen LogP contribution in [0.15, 0.2) is 42.6 Å². The number of anilines is 1. The van der Waals surface area contributed by atoms with Gasteiger partial charge in [0.05, 0.1) is 13.7 Å². The fraction of sp³-hybridized carbons (Fsp3) is 0.520. The highest BCUT2D eigenvalue weighted by atomic mass is 16.5. The van der Waals surface area contributed by atoms with Gasteiger partial charge in [0.15, 0.2) is 0 Å². The minimum atomic E-state index is -0.215. The van der Waals surface area contributed by atoms with Gasteiger partial charge in [0.1, 0.15) is 12.3 Å². The fourth-order valence-electron chi connectivity index (χ4n) is 4.53. The van der Waals surface area contributed by atoms with E-state index in [1.807, 2.05) is 42.4 Å². The van der Waals surface area contributed by atoms with Crippen molar-refractivity contribution in [3.63, 3.8) is 0 Å². The Labute approximate surface area is 190 Å². The number of rotatable bonds is 8.